The molecule has 2 N–H and O–H groups in total. The summed E-state index contributed by atoms with van der Waals surface area (Å²) >= 11 is 5.88. The first kappa shape index (κ1) is 14.8. The lowest BCUT2D eigenvalue weighted by atomic mass is 9.99. The summed E-state index contributed by atoms with van der Waals surface area (Å²) in [4.78, 5) is 0. The second-order valence-electron chi connectivity index (χ2n) is 4.42. The zero-order chi connectivity index (χ0) is 14.7. The van der Waals surface area contributed by atoms with Gasteiger partial charge in [-0.05, 0) is 35.7 Å². The van der Waals surface area contributed by atoms with E-state index in [9.17, 15) is 8.78 Å². The summed E-state index contributed by atoms with van der Waals surface area (Å²) in [5, 5.41) is 0.00832. The molecule has 20 heavy (non-hydrogen) atoms. The van der Waals surface area contributed by atoms with Crippen molar-refractivity contribution in [2.45, 2.75) is 12.5 Å². The Bertz CT molecular complexity index is 619. The predicted octanol–water partition coefficient (Wildman–Crippen LogP) is 3.87. The van der Waals surface area contributed by atoms with Crippen LogP contribution in [0.25, 0.3) is 0 Å². The molecule has 0 saturated heterocycles. The summed E-state index contributed by atoms with van der Waals surface area (Å²) in [5.74, 6) is -0.797. The first-order valence-electron chi connectivity index (χ1n) is 6.05. The number of methoxy groups -OCH3 is 1. The predicted molar refractivity (Wildman–Crippen MR) is 75.0 cm³/mol. The Morgan fingerprint density at radius 3 is 2.60 bits per heavy atom. The fourth-order valence-electron chi connectivity index (χ4n) is 2.01. The Morgan fingerprint density at radius 1 is 1.20 bits per heavy atom. The largest absolute Gasteiger partial charge is 0.494 e. The van der Waals surface area contributed by atoms with Crippen molar-refractivity contribution >= 4 is 11.6 Å². The van der Waals surface area contributed by atoms with Gasteiger partial charge in [0.05, 0.1) is 12.1 Å². The van der Waals surface area contributed by atoms with Crippen molar-refractivity contribution in [3.63, 3.8) is 0 Å². The minimum Gasteiger partial charge on any atom is -0.494 e. The first-order valence-corrected chi connectivity index (χ1v) is 6.42. The molecular formula is C15H14ClF2NO. The highest BCUT2D eigenvalue weighted by molar-refractivity contribution is 6.31. The lowest BCUT2D eigenvalue weighted by Crippen LogP contribution is -2.14. The van der Waals surface area contributed by atoms with Crippen LogP contribution in [-0.4, -0.2) is 7.11 Å². The van der Waals surface area contributed by atoms with E-state index in [2.05, 4.69) is 0 Å². The van der Waals surface area contributed by atoms with Crippen LogP contribution >= 0.6 is 11.6 Å². The van der Waals surface area contributed by atoms with Gasteiger partial charge in [0, 0.05) is 6.04 Å². The van der Waals surface area contributed by atoms with Crippen molar-refractivity contribution < 1.29 is 13.5 Å². The molecule has 0 aliphatic rings. The zero-order valence-corrected chi connectivity index (χ0v) is 11.6. The molecule has 2 aromatic carbocycles. The van der Waals surface area contributed by atoms with Gasteiger partial charge in [-0.2, -0.15) is 0 Å². The van der Waals surface area contributed by atoms with Crippen molar-refractivity contribution in [1.29, 1.82) is 0 Å². The molecule has 0 radical (unpaired) electrons. The number of rotatable bonds is 4. The molecule has 0 aromatic heterocycles. The van der Waals surface area contributed by atoms with Crippen LogP contribution in [0.2, 0.25) is 5.02 Å². The van der Waals surface area contributed by atoms with Gasteiger partial charge in [0.25, 0.3) is 0 Å². The highest BCUT2D eigenvalue weighted by Crippen LogP contribution is 2.27. The van der Waals surface area contributed by atoms with Gasteiger partial charge in [-0.3, -0.25) is 0 Å². The van der Waals surface area contributed by atoms with E-state index < -0.39 is 17.7 Å². The summed E-state index contributed by atoms with van der Waals surface area (Å²) in [6.45, 7) is 0. The average Bonchev–Trinajstić information content (AvgIpc) is 2.42. The van der Waals surface area contributed by atoms with Crippen LogP contribution in [-0.2, 0) is 6.42 Å². The lowest BCUT2D eigenvalue weighted by molar-refractivity contribution is 0.386. The van der Waals surface area contributed by atoms with Gasteiger partial charge >= 0.3 is 0 Å². The summed E-state index contributed by atoms with van der Waals surface area (Å²) < 4.78 is 31.8. The number of nitrogens with two attached hydrogens (primary N) is 1. The van der Waals surface area contributed by atoms with E-state index in [1.165, 1.54) is 25.3 Å². The third-order valence-electron chi connectivity index (χ3n) is 3.05. The lowest BCUT2D eigenvalue weighted by Gasteiger charge is -2.14. The number of hydrogen-bond donors (Lipinski definition) is 1. The van der Waals surface area contributed by atoms with Gasteiger partial charge in [-0.1, -0.05) is 29.8 Å². The van der Waals surface area contributed by atoms with E-state index in [-0.39, 0.29) is 10.8 Å². The fourth-order valence-corrected chi connectivity index (χ4v) is 2.27. The molecule has 106 valence electrons. The van der Waals surface area contributed by atoms with Crippen LogP contribution in [0.3, 0.4) is 0 Å². The van der Waals surface area contributed by atoms with E-state index >= 15 is 0 Å². The van der Waals surface area contributed by atoms with Crippen molar-refractivity contribution in [1.82, 2.24) is 0 Å². The minimum absolute atomic E-state index is 0.00832. The van der Waals surface area contributed by atoms with E-state index in [0.717, 1.165) is 0 Å². The summed E-state index contributed by atoms with van der Waals surface area (Å²) in [6, 6.07) is 8.57. The normalized spacial score (nSPS) is 12.2. The molecule has 0 amide bonds. The maximum absolute atomic E-state index is 13.6. The average molecular weight is 298 g/mol. The molecular weight excluding hydrogens is 284 g/mol. The van der Waals surface area contributed by atoms with Crippen LogP contribution < -0.4 is 10.5 Å². The Hall–Kier alpha value is -1.65. The summed E-state index contributed by atoms with van der Waals surface area (Å²) in [5.41, 5.74) is 7.21. The molecule has 2 aromatic rings. The molecule has 0 spiro atoms. The van der Waals surface area contributed by atoms with E-state index in [4.69, 9.17) is 22.1 Å². The van der Waals surface area contributed by atoms with Crippen LogP contribution in [0.15, 0.2) is 36.4 Å². The van der Waals surface area contributed by atoms with E-state index in [0.29, 0.717) is 17.5 Å². The SMILES string of the molecule is COc1ccc(CC(N)c2cccc(F)c2Cl)cc1F. The molecule has 2 rings (SSSR count). The molecule has 5 heteroatoms. The maximum atomic E-state index is 13.6. The Balaban J connectivity index is 2.21. The Labute approximate surface area is 121 Å². The fraction of sp³-hybridized carbons (Fsp3) is 0.200. The van der Waals surface area contributed by atoms with Gasteiger partial charge in [0.15, 0.2) is 11.6 Å². The molecule has 0 aliphatic heterocycles. The topological polar surface area (TPSA) is 35.2 Å². The summed E-state index contributed by atoms with van der Waals surface area (Å²) in [7, 11) is 1.40. The van der Waals surface area contributed by atoms with Crippen LogP contribution in [0.5, 0.6) is 5.75 Å². The molecule has 0 bridgehead atoms. The second-order valence-corrected chi connectivity index (χ2v) is 4.80. The quantitative estimate of drug-likeness (QED) is 0.930. The molecule has 0 fully saturated rings. The van der Waals surface area contributed by atoms with E-state index in [1.54, 1.807) is 18.2 Å². The minimum atomic E-state index is -0.513. The zero-order valence-electron chi connectivity index (χ0n) is 10.9. The van der Waals surface area contributed by atoms with Crippen LogP contribution in [0.4, 0.5) is 8.78 Å². The van der Waals surface area contributed by atoms with E-state index in [1.807, 2.05) is 0 Å². The van der Waals surface area contributed by atoms with Crippen molar-refractivity contribution in [2.24, 2.45) is 5.73 Å². The highest BCUT2D eigenvalue weighted by Gasteiger charge is 2.14. The maximum Gasteiger partial charge on any atom is 0.165 e. The number of halogens is 3. The summed E-state index contributed by atoms with van der Waals surface area (Å²) in [6.07, 6.45) is 0.351. The molecule has 1 atom stereocenters. The van der Waals surface area contributed by atoms with Gasteiger partial charge in [-0.15, -0.1) is 0 Å². The number of ether oxygens (including phenoxy) is 1. The molecule has 0 aliphatic carbocycles. The first-order chi connectivity index (χ1) is 9.52. The molecule has 2 nitrogen and oxygen atoms in total. The molecule has 1 unspecified atom stereocenters. The number of hydrogen-bond acceptors (Lipinski definition) is 2. The highest BCUT2D eigenvalue weighted by atomic mass is 35.5. The van der Waals surface area contributed by atoms with Crippen LogP contribution in [0, 0.1) is 11.6 Å². The van der Waals surface area contributed by atoms with Crippen molar-refractivity contribution in [2.75, 3.05) is 7.11 Å². The molecule has 0 heterocycles. The Kier molecular flexibility index (Phi) is 4.57. The van der Waals surface area contributed by atoms with Gasteiger partial charge in [0.1, 0.15) is 5.82 Å². The smallest absolute Gasteiger partial charge is 0.165 e. The number of benzene rings is 2. The van der Waals surface area contributed by atoms with Gasteiger partial charge < -0.3 is 10.5 Å². The second kappa shape index (κ2) is 6.20. The third-order valence-corrected chi connectivity index (χ3v) is 3.45. The van der Waals surface area contributed by atoms with Gasteiger partial charge in [-0.25, -0.2) is 8.78 Å². The monoisotopic (exact) mass is 297 g/mol. The molecule has 0 saturated carbocycles. The van der Waals surface area contributed by atoms with Crippen molar-refractivity contribution in [3.8, 4) is 5.75 Å². The van der Waals surface area contributed by atoms with Crippen molar-refractivity contribution in [3.05, 3.63) is 64.2 Å². The van der Waals surface area contributed by atoms with Gasteiger partial charge in [0.2, 0.25) is 0 Å². The third kappa shape index (κ3) is 3.08. The standard InChI is InChI=1S/C15H14ClF2NO/c1-20-14-6-5-9(7-12(14)18)8-13(19)10-3-2-4-11(17)15(10)16/h2-7,13H,8,19H2,1H3. The Morgan fingerprint density at radius 2 is 1.95 bits per heavy atom. The van der Waals surface area contributed by atoms with Crippen LogP contribution in [0.1, 0.15) is 17.2 Å².